The van der Waals surface area contributed by atoms with Gasteiger partial charge in [-0.3, -0.25) is 4.79 Å². The van der Waals surface area contributed by atoms with Gasteiger partial charge in [-0.05, 0) is 30.5 Å². The van der Waals surface area contributed by atoms with E-state index < -0.39 is 0 Å². The van der Waals surface area contributed by atoms with Crippen LogP contribution in [0.3, 0.4) is 0 Å². The van der Waals surface area contributed by atoms with E-state index in [0.717, 1.165) is 6.42 Å². The third-order valence-electron chi connectivity index (χ3n) is 3.16. The number of nitrogens with zero attached hydrogens (tertiary/aromatic N) is 1. The number of benzene rings is 1. The molecule has 1 atom stereocenters. The van der Waals surface area contributed by atoms with Gasteiger partial charge in [-0.25, -0.2) is 0 Å². The van der Waals surface area contributed by atoms with Crippen LogP contribution in [-0.4, -0.2) is 30.4 Å². The molecule has 0 heterocycles. The van der Waals surface area contributed by atoms with Gasteiger partial charge in [0.2, 0.25) is 0 Å². The SMILES string of the molecule is CC(C)C(N)CCN(C)C(=O)c1ccc(Cl)cc1Cl.Cl. The van der Waals surface area contributed by atoms with Crippen LogP contribution in [-0.2, 0) is 0 Å². The van der Waals surface area contributed by atoms with Crippen LogP contribution < -0.4 is 5.73 Å². The van der Waals surface area contributed by atoms with Crippen LogP contribution in [0.25, 0.3) is 0 Å². The van der Waals surface area contributed by atoms with Crippen molar-refractivity contribution in [1.29, 1.82) is 0 Å². The fraction of sp³-hybridized carbons (Fsp3) is 0.500. The fourth-order valence-corrected chi connectivity index (χ4v) is 2.14. The first-order valence-electron chi connectivity index (χ1n) is 6.29. The summed E-state index contributed by atoms with van der Waals surface area (Å²) in [6, 6.07) is 4.97. The van der Waals surface area contributed by atoms with Gasteiger partial charge in [-0.1, -0.05) is 37.0 Å². The van der Waals surface area contributed by atoms with Crippen molar-refractivity contribution in [3.63, 3.8) is 0 Å². The molecule has 0 aliphatic carbocycles. The van der Waals surface area contributed by atoms with Crippen LogP contribution in [0, 0.1) is 5.92 Å². The van der Waals surface area contributed by atoms with Gasteiger partial charge in [0.05, 0.1) is 10.6 Å². The van der Waals surface area contributed by atoms with Gasteiger partial charge in [-0.2, -0.15) is 0 Å². The molecule has 0 aliphatic heterocycles. The summed E-state index contributed by atoms with van der Waals surface area (Å²) in [5, 5.41) is 0.892. The maximum Gasteiger partial charge on any atom is 0.255 e. The summed E-state index contributed by atoms with van der Waals surface area (Å²) >= 11 is 11.8. The highest BCUT2D eigenvalue weighted by molar-refractivity contribution is 6.36. The van der Waals surface area contributed by atoms with Gasteiger partial charge in [0.1, 0.15) is 0 Å². The Morgan fingerprint density at radius 3 is 2.45 bits per heavy atom. The Morgan fingerprint density at radius 2 is 1.95 bits per heavy atom. The van der Waals surface area contributed by atoms with Crippen molar-refractivity contribution in [1.82, 2.24) is 4.90 Å². The first-order chi connectivity index (χ1) is 8.82. The van der Waals surface area contributed by atoms with Crippen molar-refractivity contribution in [2.45, 2.75) is 26.3 Å². The lowest BCUT2D eigenvalue weighted by molar-refractivity contribution is 0.0789. The Bertz CT molecular complexity index is 452. The Morgan fingerprint density at radius 1 is 1.35 bits per heavy atom. The molecule has 6 heteroatoms. The Balaban J connectivity index is 0.00000361. The van der Waals surface area contributed by atoms with Crippen LogP contribution in [0.5, 0.6) is 0 Å². The molecule has 3 nitrogen and oxygen atoms in total. The predicted octanol–water partition coefficient (Wildman–Crippen LogP) is 3.86. The second kappa shape index (κ2) is 8.73. The third kappa shape index (κ3) is 5.49. The summed E-state index contributed by atoms with van der Waals surface area (Å²) in [6.07, 6.45) is 0.769. The van der Waals surface area contributed by atoms with E-state index in [-0.39, 0.29) is 24.4 Å². The quantitative estimate of drug-likeness (QED) is 0.885. The molecule has 114 valence electrons. The van der Waals surface area contributed by atoms with Gasteiger partial charge in [0, 0.05) is 24.7 Å². The molecule has 1 unspecified atom stereocenters. The molecule has 0 aromatic heterocycles. The summed E-state index contributed by atoms with van der Waals surface area (Å²) in [7, 11) is 1.75. The van der Waals surface area contributed by atoms with Gasteiger partial charge < -0.3 is 10.6 Å². The van der Waals surface area contributed by atoms with E-state index >= 15 is 0 Å². The average molecular weight is 340 g/mol. The summed E-state index contributed by atoms with van der Waals surface area (Å²) in [4.78, 5) is 13.9. The molecule has 1 amide bonds. The summed E-state index contributed by atoms with van der Waals surface area (Å²) in [6.45, 7) is 4.75. The molecular weight excluding hydrogens is 319 g/mol. The van der Waals surface area contributed by atoms with Crippen molar-refractivity contribution in [3.8, 4) is 0 Å². The molecule has 1 aromatic carbocycles. The molecule has 1 rings (SSSR count). The van der Waals surface area contributed by atoms with Crippen molar-refractivity contribution >= 4 is 41.5 Å². The lowest BCUT2D eigenvalue weighted by Crippen LogP contribution is -2.34. The minimum absolute atomic E-state index is 0. The molecule has 0 aliphatic rings. The zero-order valence-electron chi connectivity index (χ0n) is 11.9. The lowest BCUT2D eigenvalue weighted by Gasteiger charge is -2.22. The first kappa shape index (κ1) is 19.5. The van der Waals surface area contributed by atoms with Gasteiger partial charge >= 0.3 is 0 Å². The van der Waals surface area contributed by atoms with Crippen molar-refractivity contribution in [3.05, 3.63) is 33.8 Å². The molecule has 0 radical (unpaired) electrons. The lowest BCUT2D eigenvalue weighted by atomic mass is 10.0. The second-order valence-electron chi connectivity index (χ2n) is 5.05. The molecule has 0 spiro atoms. The fourth-order valence-electron chi connectivity index (χ4n) is 1.65. The third-order valence-corrected chi connectivity index (χ3v) is 3.71. The molecular formula is C14H21Cl3N2O. The van der Waals surface area contributed by atoms with Gasteiger partial charge in [0.15, 0.2) is 0 Å². The van der Waals surface area contributed by atoms with E-state index in [1.54, 1.807) is 30.1 Å². The number of hydrogen-bond donors (Lipinski definition) is 1. The number of hydrogen-bond acceptors (Lipinski definition) is 2. The smallest absolute Gasteiger partial charge is 0.255 e. The van der Waals surface area contributed by atoms with E-state index in [2.05, 4.69) is 13.8 Å². The van der Waals surface area contributed by atoms with Crippen LogP contribution in [0.2, 0.25) is 10.0 Å². The summed E-state index contributed by atoms with van der Waals surface area (Å²) < 4.78 is 0. The molecule has 0 saturated carbocycles. The molecule has 0 saturated heterocycles. The highest BCUT2D eigenvalue weighted by Crippen LogP contribution is 2.22. The maximum absolute atomic E-state index is 12.2. The standard InChI is InChI=1S/C14H20Cl2N2O.ClH/c1-9(2)13(17)6-7-18(3)14(19)11-5-4-10(15)8-12(11)16;/h4-5,8-9,13H,6-7,17H2,1-3H3;1H. The van der Waals surface area contributed by atoms with E-state index in [1.807, 2.05) is 0 Å². The monoisotopic (exact) mass is 338 g/mol. The van der Waals surface area contributed by atoms with Crippen LogP contribution in [0.4, 0.5) is 0 Å². The average Bonchev–Trinajstić information content (AvgIpc) is 2.34. The van der Waals surface area contributed by atoms with Crippen molar-refractivity contribution in [2.75, 3.05) is 13.6 Å². The van der Waals surface area contributed by atoms with E-state index in [1.165, 1.54) is 0 Å². The first-order valence-corrected chi connectivity index (χ1v) is 7.04. The number of carbonyl (C=O) groups is 1. The Kier molecular flexibility index (Phi) is 8.52. The van der Waals surface area contributed by atoms with Crippen molar-refractivity contribution < 1.29 is 4.79 Å². The van der Waals surface area contributed by atoms with Gasteiger partial charge in [-0.15, -0.1) is 12.4 Å². The summed E-state index contributed by atoms with van der Waals surface area (Å²) in [5.74, 6) is 0.292. The van der Waals surface area contributed by atoms with Gasteiger partial charge in [0.25, 0.3) is 5.91 Å². The van der Waals surface area contributed by atoms with Crippen LogP contribution >= 0.6 is 35.6 Å². The van der Waals surface area contributed by atoms with Crippen LogP contribution in [0.1, 0.15) is 30.6 Å². The number of nitrogens with two attached hydrogens (primary N) is 1. The maximum atomic E-state index is 12.2. The number of amides is 1. The minimum atomic E-state index is -0.113. The molecule has 0 bridgehead atoms. The number of carbonyl (C=O) groups excluding carboxylic acids is 1. The molecule has 20 heavy (non-hydrogen) atoms. The predicted molar refractivity (Wildman–Crippen MR) is 88.1 cm³/mol. The molecule has 2 N–H and O–H groups in total. The van der Waals surface area contributed by atoms with E-state index in [4.69, 9.17) is 28.9 Å². The Labute approximate surface area is 136 Å². The topological polar surface area (TPSA) is 46.3 Å². The zero-order chi connectivity index (χ0) is 14.6. The number of rotatable bonds is 5. The molecule has 0 fully saturated rings. The highest BCUT2D eigenvalue weighted by atomic mass is 35.5. The Hall–Kier alpha value is -0.480. The molecule has 1 aromatic rings. The normalized spacial score (nSPS) is 11.9. The van der Waals surface area contributed by atoms with E-state index in [0.29, 0.717) is 28.1 Å². The van der Waals surface area contributed by atoms with Crippen molar-refractivity contribution in [2.24, 2.45) is 11.7 Å². The van der Waals surface area contributed by atoms with E-state index in [9.17, 15) is 4.79 Å². The minimum Gasteiger partial charge on any atom is -0.342 e. The largest absolute Gasteiger partial charge is 0.342 e. The zero-order valence-corrected chi connectivity index (χ0v) is 14.2. The van der Waals surface area contributed by atoms with Crippen LogP contribution in [0.15, 0.2) is 18.2 Å². The summed E-state index contributed by atoms with van der Waals surface area (Å²) in [5.41, 5.74) is 6.44. The highest BCUT2D eigenvalue weighted by Gasteiger charge is 2.16. The second-order valence-corrected chi connectivity index (χ2v) is 5.89. The number of halogens is 3.